The van der Waals surface area contributed by atoms with Crippen molar-refractivity contribution in [2.75, 3.05) is 37.7 Å². The minimum atomic E-state index is 0. The maximum Gasteiger partial charge on any atom is 0.191 e. The summed E-state index contributed by atoms with van der Waals surface area (Å²) in [4.78, 5) is 11.1. The van der Waals surface area contributed by atoms with E-state index in [1.54, 1.807) is 12.4 Å². The maximum absolute atomic E-state index is 5.66. The summed E-state index contributed by atoms with van der Waals surface area (Å²) in [7, 11) is 1.95. The molecule has 1 aliphatic heterocycles. The second-order valence-electron chi connectivity index (χ2n) is 6.60. The quantitative estimate of drug-likeness (QED) is 0.263. The number of nitrogens with zero attached hydrogens (tertiary/aromatic N) is 5. The zero-order valence-electron chi connectivity index (χ0n) is 16.5. The Morgan fingerprint density at radius 2 is 2.29 bits per heavy atom. The van der Waals surface area contributed by atoms with Gasteiger partial charge in [-0.1, -0.05) is 0 Å². The summed E-state index contributed by atoms with van der Waals surface area (Å²) < 4.78 is 7.51. The summed E-state index contributed by atoms with van der Waals surface area (Å²) in [6, 6.07) is 4.12. The molecule has 2 N–H and O–H groups in total. The van der Waals surface area contributed by atoms with Gasteiger partial charge in [0.05, 0.1) is 24.6 Å². The number of piperidine rings is 1. The normalized spacial score (nSPS) is 17.0. The number of guanidine groups is 1. The summed E-state index contributed by atoms with van der Waals surface area (Å²) in [5, 5.41) is 11.2. The number of anilines is 1. The maximum atomic E-state index is 5.66. The molecule has 3 rings (SSSR count). The predicted molar refractivity (Wildman–Crippen MR) is 123 cm³/mol. The Balaban J connectivity index is 0.00000280. The third-order valence-electron chi connectivity index (χ3n) is 4.43. The minimum absolute atomic E-state index is 0. The molecular formula is C19H30IN7O. The molecule has 0 aliphatic carbocycles. The number of halogens is 1. The molecule has 8 nitrogen and oxygen atoms in total. The predicted octanol–water partition coefficient (Wildman–Crippen LogP) is 2.04. The van der Waals surface area contributed by atoms with Gasteiger partial charge < -0.3 is 20.3 Å². The van der Waals surface area contributed by atoms with Crippen molar-refractivity contribution < 1.29 is 4.74 Å². The highest BCUT2D eigenvalue weighted by Crippen LogP contribution is 2.18. The van der Waals surface area contributed by atoms with Crippen LogP contribution in [0.15, 0.2) is 41.9 Å². The molecule has 0 spiro atoms. The lowest BCUT2D eigenvalue weighted by Crippen LogP contribution is -2.51. The van der Waals surface area contributed by atoms with Gasteiger partial charge in [-0.2, -0.15) is 5.10 Å². The molecule has 0 aromatic carbocycles. The van der Waals surface area contributed by atoms with Crippen LogP contribution in [0.1, 0.15) is 19.8 Å². The number of ether oxygens (including phenoxy) is 1. The zero-order chi connectivity index (χ0) is 18.9. The average Bonchev–Trinajstić information content (AvgIpc) is 3.13. The van der Waals surface area contributed by atoms with E-state index < -0.39 is 0 Å². The third-order valence-corrected chi connectivity index (χ3v) is 4.43. The summed E-state index contributed by atoms with van der Waals surface area (Å²) in [5.74, 6) is 1.61. The van der Waals surface area contributed by atoms with Gasteiger partial charge in [-0.3, -0.25) is 9.67 Å². The molecular weight excluding hydrogens is 469 g/mol. The van der Waals surface area contributed by atoms with E-state index in [9.17, 15) is 0 Å². The van der Waals surface area contributed by atoms with Crippen molar-refractivity contribution in [3.8, 4) is 5.75 Å². The largest absolute Gasteiger partial charge is 0.490 e. The van der Waals surface area contributed by atoms with E-state index in [4.69, 9.17) is 4.74 Å². The molecule has 0 radical (unpaired) electrons. The minimum Gasteiger partial charge on any atom is -0.490 e. The number of hydrogen-bond acceptors (Lipinski definition) is 5. The Morgan fingerprint density at radius 1 is 1.39 bits per heavy atom. The van der Waals surface area contributed by atoms with Crippen LogP contribution in [0.25, 0.3) is 0 Å². The van der Waals surface area contributed by atoms with E-state index in [0.29, 0.717) is 19.2 Å². The van der Waals surface area contributed by atoms with Crippen LogP contribution in [0.5, 0.6) is 5.75 Å². The van der Waals surface area contributed by atoms with Gasteiger partial charge in [0.1, 0.15) is 12.4 Å². The average molecular weight is 499 g/mol. The van der Waals surface area contributed by atoms with Gasteiger partial charge >= 0.3 is 0 Å². The van der Waals surface area contributed by atoms with Crippen LogP contribution in [0.4, 0.5) is 5.69 Å². The van der Waals surface area contributed by atoms with Crippen LogP contribution in [-0.2, 0) is 7.05 Å². The van der Waals surface area contributed by atoms with E-state index in [1.165, 1.54) is 5.69 Å². The van der Waals surface area contributed by atoms with Crippen molar-refractivity contribution in [1.82, 2.24) is 25.4 Å². The number of aromatic nitrogens is 3. The number of nitrogens with one attached hydrogen (secondary N) is 2. The Labute approximate surface area is 183 Å². The Hall–Kier alpha value is -2.04. The van der Waals surface area contributed by atoms with Crippen LogP contribution >= 0.6 is 24.0 Å². The smallest absolute Gasteiger partial charge is 0.191 e. The molecule has 1 saturated heterocycles. The van der Waals surface area contributed by atoms with E-state index >= 15 is 0 Å². The Morgan fingerprint density at radius 3 is 3.00 bits per heavy atom. The fraction of sp³-hybridized carbons (Fsp3) is 0.526. The zero-order valence-corrected chi connectivity index (χ0v) is 18.9. The summed E-state index contributed by atoms with van der Waals surface area (Å²) in [6.07, 6.45) is 9.72. The van der Waals surface area contributed by atoms with Crippen molar-refractivity contribution in [3.05, 3.63) is 36.9 Å². The van der Waals surface area contributed by atoms with Gasteiger partial charge in [0.2, 0.25) is 0 Å². The lowest BCUT2D eigenvalue weighted by atomic mass is 10.1. The molecule has 28 heavy (non-hydrogen) atoms. The lowest BCUT2D eigenvalue weighted by molar-refractivity contribution is 0.327. The first kappa shape index (κ1) is 22.3. The second-order valence-corrected chi connectivity index (χ2v) is 6.60. The Bertz CT molecular complexity index is 722. The van der Waals surface area contributed by atoms with Gasteiger partial charge in [0, 0.05) is 45.1 Å². The van der Waals surface area contributed by atoms with Gasteiger partial charge in [-0.25, -0.2) is 4.99 Å². The number of hydrogen-bond donors (Lipinski definition) is 2. The molecule has 1 aliphatic rings. The number of rotatable bonds is 7. The fourth-order valence-electron chi connectivity index (χ4n) is 3.17. The first-order valence-corrected chi connectivity index (χ1v) is 9.56. The van der Waals surface area contributed by atoms with Crippen molar-refractivity contribution in [1.29, 1.82) is 0 Å². The molecule has 1 fully saturated rings. The van der Waals surface area contributed by atoms with E-state index in [1.807, 2.05) is 30.1 Å². The molecule has 3 heterocycles. The number of pyridine rings is 1. The van der Waals surface area contributed by atoms with Gasteiger partial charge in [-0.15, -0.1) is 24.0 Å². The molecule has 0 bridgehead atoms. The van der Waals surface area contributed by atoms with Gasteiger partial charge in [0.15, 0.2) is 5.96 Å². The summed E-state index contributed by atoms with van der Waals surface area (Å²) in [5.41, 5.74) is 1.18. The standard InChI is InChI=1S/C19H29N7O.HI/c1-3-21-19(22-9-11-27-18-7-4-8-20-13-18)24-16-6-5-10-26(14-16)17-12-23-25(2)15-17;/h4,7-8,12-13,15-16H,3,5-6,9-11,14H2,1-2H3,(H2,21,22,24);1H. The molecule has 1 atom stereocenters. The second kappa shape index (κ2) is 11.7. The molecule has 154 valence electrons. The molecule has 2 aromatic rings. The van der Waals surface area contributed by atoms with Crippen molar-refractivity contribution in [2.24, 2.45) is 12.0 Å². The van der Waals surface area contributed by atoms with Gasteiger partial charge in [-0.05, 0) is 31.9 Å². The summed E-state index contributed by atoms with van der Waals surface area (Å²) in [6.45, 7) is 6.03. The van der Waals surface area contributed by atoms with Crippen LogP contribution in [0.3, 0.4) is 0 Å². The number of aliphatic imine (C=N–C) groups is 1. The SMILES string of the molecule is CCNC(=NCCOc1cccnc1)NC1CCCN(c2cnn(C)c2)C1.I. The van der Waals surface area contributed by atoms with Crippen LogP contribution in [-0.4, -0.2) is 59.6 Å². The first-order chi connectivity index (χ1) is 13.2. The molecule has 0 amide bonds. The molecule has 9 heteroatoms. The third kappa shape index (κ3) is 6.84. The number of aryl methyl sites for hydroxylation is 1. The highest BCUT2D eigenvalue weighted by atomic mass is 127. The van der Waals surface area contributed by atoms with Gasteiger partial charge in [0.25, 0.3) is 0 Å². The highest BCUT2D eigenvalue weighted by molar-refractivity contribution is 14.0. The van der Waals surface area contributed by atoms with Crippen molar-refractivity contribution >= 4 is 35.6 Å². The van der Waals surface area contributed by atoms with Crippen molar-refractivity contribution in [2.45, 2.75) is 25.8 Å². The topological polar surface area (TPSA) is 79.6 Å². The highest BCUT2D eigenvalue weighted by Gasteiger charge is 2.21. The molecule has 1 unspecified atom stereocenters. The Kier molecular flexibility index (Phi) is 9.32. The molecule has 0 saturated carbocycles. The van der Waals surface area contributed by atoms with Crippen molar-refractivity contribution in [3.63, 3.8) is 0 Å². The first-order valence-electron chi connectivity index (χ1n) is 9.56. The van der Waals surface area contributed by atoms with E-state index in [0.717, 1.165) is 44.2 Å². The van der Waals surface area contributed by atoms with Crippen LogP contribution in [0.2, 0.25) is 0 Å². The van der Waals surface area contributed by atoms with Crippen LogP contribution in [0, 0.1) is 0 Å². The lowest BCUT2D eigenvalue weighted by Gasteiger charge is -2.34. The summed E-state index contributed by atoms with van der Waals surface area (Å²) >= 11 is 0. The fourth-order valence-corrected chi connectivity index (χ4v) is 3.17. The van der Waals surface area contributed by atoms with E-state index in [-0.39, 0.29) is 24.0 Å². The molecule has 2 aromatic heterocycles. The monoisotopic (exact) mass is 499 g/mol. The van der Waals surface area contributed by atoms with Crippen LogP contribution < -0.4 is 20.3 Å². The van der Waals surface area contributed by atoms with E-state index in [2.05, 4.69) is 43.7 Å².